The highest BCUT2D eigenvalue weighted by molar-refractivity contribution is 7.20. The molecular formula is C55H37BN2OSi. The molecular weight excluding hydrogens is 744 g/mol. The third-order valence-electron chi connectivity index (χ3n) is 13.3. The van der Waals surface area contributed by atoms with E-state index in [-0.39, 0.29) is 6.71 Å². The van der Waals surface area contributed by atoms with E-state index in [4.69, 9.17) is 4.42 Å². The Hall–Kier alpha value is -7.34. The zero-order valence-corrected chi connectivity index (χ0v) is 34.0. The first-order chi connectivity index (χ1) is 29.7. The largest absolute Gasteiger partial charge is 0.456 e. The molecule has 0 spiro atoms. The first kappa shape index (κ1) is 33.6. The van der Waals surface area contributed by atoms with E-state index in [1.54, 1.807) is 0 Å². The topological polar surface area (TPSA) is 21.3 Å². The molecule has 0 saturated carbocycles. The number of hydrogen-bond donors (Lipinski definition) is 0. The van der Waals surface area contributed by atoms with Crippen molar-refractivity contribution in [3.63, 3.8) is 0 Å². The molecule has 3 nitrogen and oxygen atoms in total. The average molecular weight is 781 g/mol. The monoisotopic (exact) mass is 780 g/mol. The second-order valence-electron chi connectivity index (χ2n) is 16.5. The number of benzene rings is 9. The number of para-hydroxylation sites is 3. The first-order valence-corrected chi connectivity index (χ1v) is 22.9. The second-order valence-corrected chi connectivity index (χ2v) is 20.3. The number of aromatic nitrogens is 1. The van der Waals surface area contributed by atoms with Crippen LogP contribution in [0.2, 0.25) is 0 Å². The zero-order chi connectivity index (χ0) is 39.5. The summed E-state index contributed by atoms with van der Waals surface area (Å²) in [4.78, 5) is 2.56. The molecule has 0 saturated heterocycles. The van der Waals surface area contributed by atoms with Crippen LogP contribution < -0.4 is 42.0 Å². The van der Waals surface area contributed by atoms with E-state index < -0.39 is 8.07 Å². The van der Waals surface area contributed by atoms with Crippen LogP contribution in [0.25, 0.3) is 49.4 Å². The normalized spacial score (nSPS) is 13.0. The number of hydrogen-bond acceptors (Lipinski definition) is 2. The summed E-state index contributed by atoms with van der Waals surface area (Å²) in [6.07, 6.45) is 0. The number of furan rings is 1. The van der Waals surface area contributed by atoms with Gasteiger partial charge in [-0.05, 0) is 98.2 Å². The molecule has 280 valence electrons. The molecule has 2 aliphatic heterocycles. The summed E-state index contributed by atoms with van der Waals surface area (Å²) in [5.41, 5.74) is 14.4. The number of aryl methyl sites for hydroxylation is 1. The molecule has 9 aromatic carbocycles. The van der Waals surface area contributed by atoms with Crippen molar-refractivity contribution >= 4 is 113 Å². The molecule has 0 N–H and O–H groups in total. The van der Waals surface area contributed by atoms with E-state index >= 15 is 0 Å². The second kappa shape index (κ2) is 12.6. The predicted octanol–water partition coefficient (Wildman–Crippen LogP) is 8.98. The minimum Gasteiger partial charge on any atom is -0.456 e. The average Bonchev–Trinajstić information content (AvgIpc) is 3.86. The van der Waals surface area contributed by atoms with Gasteiger partial charge in [0.2, 0.25) is 0 Å². The minimum absolute atomic E-state index is 0.0259. The van der Waals surface area contributed by atoms with E-state index in [9.17, 15) is 0 Å². The fourth-order valence-corrected chi connectivity index (χ4v) is 15.8. The van der Waals surface area contributed by atoms with E-state index in [0.29, 0.717) is 0 Å². The maximum Gasteiger partial charge on any atom is 0.252 e. The highest BCUT2D eigenvalue weighted by Crippen LogP contribution is 2.44. The van der Waals surface area contributed by atoms with Gasteiger partial charge in [0.15, 0.2) is 8.07 Å². The summed E-state index contributed by atoms with van der Waals surface area (Å²) in [5, 5.41) is 10.3. The molecule has 0 unspecified atom stereocenters. The fourth-order valence-electron chi connectivity index (χ4n) is 11.0. The molecule has 13 rings (SSSR count). The molecule has 0 bridgehead atoms. The van der Waals surface area contributed by atoms with E-state index in [2.05, 4.69) is 223 Å². The Morgan fingerprint density at radius 3 is 1.77 bits per heavy atom. The number of anilines is 3. The van der Waals surface area contributed by atoms with E-state index in [0.717, 1.165) is 22.2 Å². The van der Waals surface area contributed by atoms with Crippen LogP contribution in [-0.2, 0) is 0 Å². The highest BCUT2D eigenvalue weighted by Gasteiger charge is 2.46. The Morgan fingerprint density at radius 2 is 1.07 bits per heavy atom. The van der Waals surface area contributed by atoms with Gasteiger partial charge in [0, 0.05) is 49.8 Å². The van der Waals surface area contributed by atoms with Crippen LogP contribution in [0, 0.1) is 6.92 Å². The van der Waals surface area contributed by atoms with Gasteiger partial charge in [0.1, 0.15) is 11.2 Å². The maximum absolute atomic E-state index is 6.49. The molecule has 0 fully saturated rings. The van der Waals surface area contributed by atoms with Crippen molar-refractivity contribution in [2.75, 3.05) is 4.90 Å². The molecule has 11 aromatic rings. The highest BCUT2D eigenvalue weighted by atomic mass is 28.3. The molecule has 60 heavy (non-hydrogen) atoms. The van der Waals surface area contributed by atoms with Crippen molar-refractivity contribution in [1.29, 1.82) is 0 Å². The summed E-state index contributed by atoms with van der Waals surface area (Å²) in [5.74, 6) is 0. The SMILES string of the molecule is Cc1cc2c3c(c1)-n1c4ccc5oc6ccccc6c5c4c4cccc(c41)B3c1ccc([Si](c3ccccc3)(c3ccccc3)c3ccccc3)cc1N2c1ccccc1. The van der Waals surface area contributed by atoms with Gasteiger partial charge >= 0.3 is 0 Å². The van der Waals surface area contributed by atoms with Crippen LogP contribution in [0.15, 0.2) is 211 Å². The van der Waals surface area contributed by atoms with Gasteiger partial charge in [-0.3, -0.25) is 0 Å². The first-order valence-electron chi connectivity index (χ1n) is 20.9. The predicted molar refractivity (Wildman–Crippen MR) is 256 cm³/mol. The smallest absolute Gasteiger partial charge is 0.252 e. The molecule has 2 aliphatic rings. The lowest BCUT2D eigenvalue weighted by Gasteiger charge is -2.42. The standard InChI is InChI=1S/C55H37BN2OSi/c1-36-33-48-54-49(34-36)58-46-31-32-51-53(42-25-14-15-28-50(42)59-51)52(46)43-26-16-27-45(55(43)58)56(54)44-30-29-41(35-47(44)57(48)37-17-6-2-7-18-37)60(38-19-8-3-9-20-38,39-21-10-4-11-22-39)40-23-12-5-13-24-40/h2-35H,1H3. The number of fused-ring (bicyclic) bond motifs is 11. The molecule has 0 amide bonds. The van der Waals surface area contributed by atoms with Crippen molar-refractivity contribution < 1.29 is 4.42 Å². The van der Waals surface area contributed by atoms with Gasteiger partial charge in [-0.1, -0.05) is 158 Å². The molecule has 0 atom stereocenters. The summed E-state index contributed by atoms with van der Waals surface area (Å²) in [6, 6.07) is 77.0. The molecule has 2 aromatic heterocycles. The summed E-state index contributed by atoms with van der Waals surface area (Å²) >= 11 is 0. The van der Waals surface area contributed by atoms with Gasteiger partial charge < -0.3 is 13.9 Å². The molecule has 0 aliphatic carbocycles. The van der Waals surface area contributed by atoms with Crippen molar-refractivity contribution in [3.8, 4) is 5.69 Å². The number of rotatable bonds is 5. The van der Waals surface area contributed by atoms with E-state index in [1.807, 2.05) is 0 Å². The van der Waals surface area contributed by atoms with Crippen LogP contribution in [-0.4, -0.2) is 19.4 Å². The lowest BCUT2D eigenvalue weighted by Crippen LogP contribution is -2.75. The van der Waals surface area contributed by atoms with Crippen LogP contribution in [0.5, 0.6) is 0 Å². The van der Waals surface area contributed by atoms with Crippen molar-refractivity contribution in [1.82, 2.24) is 4.57 Å². The molecule has 4 heterocycles. The lowest BCUT2D eigenvalue weighted by molar-refractivity contribution is 0.669. The molecule has 5 heteroatoms. The third-order valence-corrected chi connectivity index (χ3v) is 18.1. The molecule has 0 radical (unpaired) electrons. The summed E-state index contributed by atoms with van der Waals surface area (Å²) < 4.78 is 9.05. The van der Waals surface area contributed by atoms with Crippen LogP contribution in [0.4, 0.5) is 17.1 Å². The van der Waals surface area contributed by atoms with Crippen molar-refractivity contribution in [2.24, 2.45) is 0 Å². The van der Waals surface area contributed by atoms with Gasteiger partial charge in [-0.15, -0.1) is 0 Å². The maximum atomic E-state index is 6.49. The minimum atomic E-state index is -2.83. The Labute approximate surface area is 349 Å². The zero-order valence-electron chi connectivity index (χ0n) is 33.0. The Balaban J connectivity index is 1.16. The van der Waals surface area contributed by atoms with E-state index in [1.165, 1.54) is 87.0 Å². The van der Waals surface area contributed by atoms with Gasteiger partial charge in [0.05, 0.1) is 5.52 Å². The Morgan fingerprint density at radius 1 is 0.450 bits per heavy atom. The summed E-state index contributed by atoms with van der Waals surface area (Å²) in [6.45, 7) is 2.28. The third kappa shape index (κ3) is 4.44. The fraction of sp³-hybridized carbons (Fsp3) is 0.0182. The van der Waals surface area contributed by atoms with Crippen LogP contribution in [0.1, 0.15) is 5.56 Å². The van der Waals surface area contributed by atoms with Gasteiger partial charge in [-0.2, -0.15) is 0 Å². The quantitative estimate of drug-likeness (QED) is 0.129. The van der Waals surface area contributed by atoms with Crippen LogP contribution in [0.3, 0.4) is 0 Å². The summed E-state index contributed by atoms with van der Waals surface area (Å²) in [7, 11) is -2.83. The van der Waals surface area contributed by atoms with Gasteiger partial charge in [-0.25, -0.2) is 0 Å². The van der Waals surface area contributed by atoms with Crippen LogP contribution >= 0.6 is 0 Å². The van der Waals surface area contributed by atoms with Gasteiger partial charge in [0.25, 0.3) is 6.71 Å². The Bertz CT molecular complexity index is 3410. The van der Waals surface area contributed by atoms with Crippen molar-refractivity contribution in [3.05, 3.63) is 212 Å². The van der Waals surface area contributed by atoms with Crippen molar-refractivity contribution in [2.45, 2.75) is 6.92 Å². The Kier molecular flexibility index (Phi) is 7.05. The number of nitrogens with zero attached hydrogens (tertiary/aromatic N) is 2. The lowest BCUT2D eigenvalue weighted by atomic mass is 9.34.